The highest BCUT2D eigenvalue weighted by Crippen LogP contribution is 2.46. The Morgan fingerprint density at radius 3 is 2.54 bits per heavy atom. The quantitative estimate of drug-likeness (QED) is 0.597. The second kappa shape index (κ2) is 6.68. The minimum absolute atomic E-state index is 0.167. The van der Waals surface area contributed by atoms with Gasteiger partial charge in [0.05, 0.1) is 12.7 Å². The number of aliphatic imine (C=N–C) groups is 1. The number of allylic oxidation sites excluding steroid dienone is 3. The summed E-state index contributed by atoms with van der Waals surface area (Å²) >= 11 is 0. The lowest BCUT2D eigenvalue weighted by Gasteiger charge is -2.23. The second-order valence-corrected chi connectivity index (χ2v) is 7.31. The molecular formula is C23H22N2O3. The molecule has 28 heavy (non-hydrogen) atoms. The molecule has 0 aromatic heterocycles. The van der Waals surface area contributed by atoms with Crippen molar-refractivity contribution in [1.29, 1.82) is 0 Å². The Morgan fingerprint density at radius 1 is 1.07 bits per heavy atom. The highest BCUT2D eigenvalue weighted by Gasteiger charge is 2.38. The van der Waals surface area contributed by atoms with Crippen LogP contribution in [0.4, 0.5) is 5.69 Å². The second-order valence-electron chi connectivity index (χ2n) is 7.31. The van der Waals surface area contributed by atoms with Crippen LogP contribution in [-0.4, -0.2) is 26.0 Å². The first-order valence-corrected chi connectivity index (χ1v) is 9.13. The number of anilines is 1. The molecule has 2 aliphatic rings. The number of cyclic esters (lactones) is 1. The van der Waals surface area contributed by atoms with E-state index in [1.54, 1.807) is 13.2 Å². The van der Waals surface area contributed by atoms with Crippen LogP contribution in [0, 0.1) is 0 Å². The van der Waals surface area contributed by atoms with Crippen LogP contribution in [0.1, 0.15) is 25.0 Å². The van der Waals surface area contributed by atoms with Gasteiger partial charge in [-0.05, 0) is 35.9 Å². The third-order valence-electron chi connectivity index (χ3n) is 5.30. The molecule has 0 unspecified atom stereocenters. The largest absolute Gasteiger partial charge is 0.496 e. The molecular weight excluding hydrogens is 352 g/mol. The van der Waals surface area contributed by atoms with E-state index in [9.17, 15) is 4.79 Å². The van der Waals surface area contributed by atoms with E-state index in [0.717, 1.165) is 5.70 Å². The standard InChI is InChI=1S/C23H22N2O3/c1-23(2)16-10-6-7-11-18(16)25(3)20(23)14-13-17-22(26)28-21(24-17)15-9-5-8-12-19(15)27-4/h5-14H,1-4H3/b17-13-,20-14+. The Kier molecular flexibility index (Phi) is 4.30. The van der Waals surface area contributed by atoms with Crippen LogP contribution in [0.2, 0.25) is 0 Å². The van der Waals surface area contributed by atoms with Crippen molar-refractivity contribution in [3.63, 3.8) is 0 Å². The van der Waals surface area contributed by atoms with Gasteiger partial charge in [-0.1, -0.05) is 44.2 Å². The summed E-state index contributed by atoms with van der Waals surface area (Å²) < 4.78 is 10.7. The molecule has 0 fully saturated rings. The third-order valence-corrected chi connectivity index (χ3v) is 5.30. The van der Waals surface area contributed by atoms with Crippen LogP contribution < -0.4 is 9.64 Å². The van der Waals surface area contributed by atoms with Crippen LogP contribution in [0.25, 0.3) is 0 Å². The molecule has 4 rings (SSSR count). The fourth-order valence-electron chi connectivity index (χ4n) is 3.82. The third kappa shape index (κ3) is 2.80. The van der Waals surface area contributed by atoms with Gasteiger partial charge in [-0.2, -0.15) is 0 Å². The number of fused-ring (bicyclic) bond motifs is 1. The zero-order chi connectivity index (χ0) is 19.9. The molecule has 2 heterocycles. The average Bonchev–Trinajstić information content (AvgIpc) is 3.16. The summed E-state index contributed by atoms with van der Waals surface area (Å²) in [6.45, 7) is 4.35. The van der Waals surface area contributed by atoms with Gasteiger partial charge in [-0.3, -0.25) is 0 Å². The molecule has 2 aromatic rings. The van der Waals surface area contributed by atoms with E-state index in [1.807, 2.05) is 49.5 Å². The number of ether oxygens (including phenoxy) is 2. The maximum Gasteiger partial charge on any atom is 0.363 e. The van der Waals surface area contributed by atoms with Crippen LogP contribution in [0.15, 0.2) is 77.1 Å². The predicted molar refractivity (Wildman–Crippen MR) is 110 cm³/mol. The van der Waals surface area contributed by atoms with Gasteiger partial charge in [-0.15, -0.1) is 0 Å². The van der Waals surface area contributed by atoms with Crippen molar-refractivity contribution in [2.24, 2.45) is 4.99 Å². The fraction of sp³-hybridized carbons (Fsp3) is 0.217. The summed E-state index contributed by atoms with van der Waals surface area (Å²) in [4.78, 5) is 18.9. The molecule has 0 saturated carbocycles. The molecule has 0 atom stereocenters. The van der Waals surface area contributed by atoms with Crippen LogP contribution in [-0.2, 0) is 14.9 Å². The number of likely N-dealkylation sites (N-methyl/N-ethyl adjacent to an activating group) is 1. The molecule has 0 spiro atoms. The van der Waals surface area contributed by atoms with E-state index in [4.69, 9.17) is 9.47 Å². The van der Waals surface area contributed by atoms with Gasteiger partial charge >= 0.3 is 5.97 Å². The lowest BCUT2D eigenvalue weighted by atomic mass is 9.84. The van der Waals surface area contributed by atoms with Crippen LogP contribution in [0.5, 0.6) is 5.75 Å². The van der Waals surface area contributed by atoms with Crippen LogP contribution >= 0.6 is 0 Å². The highest BCUT2D eigenvalue weighted by atomic mass is 16.6. The SMILES string of the molecule is COc1ccccc1C1=N/C(=C\C=C2\N(C)c3ccccc3C2(C)C)C(=O)O1. The van der Waals surface area contributed by atoms with Crippen molar-refractivity contribution in [3.05, 3.63) is 83.2 Å². The Hall–Kier alpha value is -3.34. The van der Waals surface area contributed by atoms with Crippen molar-refractivity contribution in [3.8, 4) is 5.75 Å². The maximum absolute atomic E-state index is 12.3. The smallest absolute Gasteiger partial charge is 0.363 e. The molecule has 0 aliphatic carbocycles. The number of hydrogen-bond donors (Lipinski definition) is 0. The molecule has 2 aromatic carbocycles. The average molecular weight is 374 g/mol. The van der Waals surface area contributed by atoms with E-state index in [1.165, 1.54) is 11.3 Å². The minimum atomic E-state index is -0.464. The van der Waals surface area contributed by atoms with Gasteiger partial charge in [0, 0.05) is 23.8 Å². The van der Waals surface area contributed by atoms with Crippen molar-refractivity contribution in [1.82, 2.24) is 0 Å². The van der Waals surface area contributed by atoms with E-state index < -0.39 is 5.97 Å². The number of para-hydroxylation sites is 2. The summed E-state index contributed by atoms with van der Waals surface area (Å²) in [6.07, 6.45) is 3.68. The summed E-state index contributed by atoms with van der Waals surface area (Å²) in [5.74, 6) is 0.406. The normalized spacial score (nSPS) is 20.4. The van der Waals surface area contributed by atoms with Gasteiger partial charge in [0.25, 0.3) is 0 Å². The number of carbonyl (C=O) groups is 1. The number of carbonyl (C=O) groups excluding carboxylic acids is 1. The van der Waals surface area contributed by atoms with E-state index in [0.29, 0.717) is 11.3 Å². The Morgan fingerprint density at radius 2 is 1.79 bits per heavy atom. The molecule has 0 N–H and O–H groups in total. The van der Waals surface area contributed by atoms with Gasteiger partial charge in [0.1, 0.15) is 5.75 Å². The summed E-state index contributed by atoms with van der Waals surface area (Å²) in [7, 11) is 3.61. The number of benzene rings is 2. The Labute approximate surface area is 164 Å². The van der Waals surface area contributed by atoms with Gasteiger partial charge in [0.2, 0.25) is 5.90 Å². The maximum atomic E-state index is 12.3. The number of nitrogens with zero attached hydrogens (tertiary/aromatic N) is 2. The first-order chi connectivity index (χ1) is 13.4. The molecule has 5 nitrogen and oxygen atoms in total. The number of esters is 1. The summed E-state index contributed by atoms with van der Waals surface area (Å²) in [5, 5.41) is 0. The van der Waals surface area contributed by atoms with Gasteiger partial charge < -0.3 is 14.4 Å². The Balaban J connectivity index is 1.70. The van der Waals surface area contributed by atoms with Gasteiger partial charge in [0.15, 0.2) is 5.70 Å². The topological polar surface area (TPSA) is 51.1 Å². The first kappa shape index (κ1) is 18.0. The molecule has 0 radical (unpaired) electrons. The monoisotopic (exact) mass is 374 g/mol. The van der Waals surface area contributed by atoms with Gasteiger partial charge in [-0.25, -0.2) is 9.79 Å². The first-order valence-electron chi connectivity index (χ1n) is 9.13. The summed E-state index contributed by atoms with van der Waals surface area (Å²) in [6, 6.07) is 15.7. The molecule has 0 bridgehead atoms. The summed E-state index contributed by atoms with van der Waals surface area (Å²) in [5.41, 5.74) is 4.28. The van der Waals surface area contributed by atoms with E-state index >= 15 is 0 Å². The van der Waals surface area contributed by atoms with Crippen LogP contribution in [0.3, 0.4) is 0 Å². The number of methoxy groups -OCH3 is 1. The fourth-order valence-corrected chi connectivity index (χ4v) is 3.82. The molecule has 142 valence electrons. The lowest BCUT2D eigenvalue weighted by Crippen LogP contribution is -2.22. The van der Waals surface area contributed by atoms with Crippen molar-refractivity contribution in [2.75, 3.05) is 19.1 Å². The zero-order valence-electron chi connectivity index (χ0n) is 16.4. The van der Waals surface area contributed by atoms with Crippen molar-refractivity contribution >= 4 is 17.6 Å². The zero-order valence-corrected chi connectivity index (χ0v) is 16.4. The Bertz CT molecular complexity index is 1050. The highest BCUT2D eigenvalue weighted by molar-refractivity contribution is 6.12. The van der Waals surface area contributed by atoms with Crippen molar-refractivity contribution < 1.29 is 14.3 Å². The molecule has 0 saturated heterocycles. The minimum Gasteiger partial charge on any atom is -0.496 e. The van der Waals surface area contributed by atoms with E-state index in [-0.39, 0.29) is 17.0 Å². The van der Waals surface area contributed by atoms with Crippen molar-refractivity contribution in [2.45, 2.75) is 19.3 Å². The number of rotatable bonds is 3. The molecule has 2 aliphatic heterocycles. The number of hydrogen-bond acceptors (Lipinski definition) is 5. The molecule has 0 amide bonds. The lowest BCUT2D eigenvalue weighted by molar-refractivity contribution is -0.130. The van der Waals surface area contributed by atoms with E-state index in [2.05, 4.69) is 35.9 Å². The predicted octanol–water partition coefficient (Wildman–Crippen LogP) is 4.19. The molecule has 5 heteroatoms.